The summed E-state index contributed by atoms with van der Waals surface area (Å²) < 4.78 is 0. The summed E-state index contributed by atoms with van der Waals surface area (Å²) in [4.78, 5) is 14.1. The first-order valence-electron chi connectivity index (χ1n) is 6.22. The first-order chi connectivity index (χ1) is 8.25. The van der Waals surface area contributed by atoms with Crippen molar-refractivity contribution < 1.29 is 4.79 Å². The topological polar surface area (TPSA) is 20.3 Å². The van der Waals surface area contributed by atoms with E-state index in [1.807, 2.05) is 36.4 Å². The molecule has 0 saturated carbocycles. The maximum Gasteiger partial charge on any atom is 0.157 e. The lowest BCUT2D eigenvalue weighted by Crippen LogP contribution is -2.26. The molecular weight excluding hydrogens is 210 g/mol. The van der Waals surface area contributed by atoms with E-state index in [4.69, 9.17) is 0 Å². The quantitative estimate of drug-likeness (QED) is 0.740. The van der Waals surface area contributed by atoms with E-state index < -0.39 is 0 Å². The molecule has 2 rings (SSSR count). The van der Waals surface area contributed by atoms with Gasteiger partial charge in [0.1, 0.15) is 0 Å². The third kappa shape index (κ3) is 3.53. The monoisotopic (exact) mass is 229 g/mol. The van der Waals surface area contributed by atoms with Crippen molar-refractivity contribution in [3.63, 3.8) is 0 Å². The number of hydrogen-bond donors (Lipinski definition) is 0. The molecule has 0 spiro atoms. The third-order valence-electron chi connectivity index (χ3n) is 3.37. The van der Waals surface area contributed by atoms with E-state index >= 15 is 0 Å². The van der Waals surface area contributed by atoms with Gasteiger partial charge in [0.25, 0.3) is 0 Å². The first-order valence-corrected chi connectivity index (χ1v) is 6.22. The molecule has 1 aromatic carbocycles. The highest BCUT2D eigenvalue weighted by atomic mass is 16.1. The molecule has 0 bridgehead atoms. The lowest BCUT2D eigenvalue weighted by molar-refractivity contribution is -0.115. The van der Waals surface area contributed by atoms with Crippen LogP contribution in [0.4, 0.5) is 0 Å². The molecule has 2 heteroatoms. The van der Waals surface area contributed by atoms with Crippen molar-refractivity contribution >= 4 is 11.9 Å². The van der Waals surface area contributed by atoms with Crippen molar-refractivity contribution in [2.24, 2.45) is 0 Å². The van der Waals surface area contributed by atoms with E-state index in [2.05, 4.69) is 11.9 Å². The molecule has 0 aromatic heterocycles. The van der Waals surface area contributed by atoms with E-state index in [0.29, 0.717) is 12.5 Å². The van der Waals surface area contributed by atoms with Crippen LogP contribution in [0.5, 0.6) is 0 Å². The summed E-state index contributed by atoms with van der Waals surface area (Å²) >= 11 is 0. The molecule has 1 saturated heterocycles. The van der Waals surface area contributed by atoms with Crippen molar-refractivity contribution in [1.82, 2.24) is 4.90 Å². The SMILES string of the molecule is CN1CCC[C@@H]1CC(=O)/C=C/c1ccccc1. The molecule has 90 valence electrons. The van der Waals surface area contributed by atoms with E-state index in [0.717, 1.165) is 18.5 Å². The number of hydrogen-bond acceptors (Lipinski definition) is 2. The second-order valence-corrected chi connectivity index (χ2v) is 4.69. The summed E-state index contributed by atoms with van der Waals surface area (Å²) in [5.41, 5.74) is 1.08. The van der Waals surface area contributed by atoms with Gasteiger partial charge < -0.3 is 4.90 Å². The Morgan fingerprint density at radius 1 is 1.41 bits per heavy atom. The lowest BCUT2D eigenvalue weighted by atomic mass is 10.1. The van der Waals surface area contributed by atoms with Gasteiger partial charge in [0, 0.05) is 12.5 Å². The van der Waals surface area contributed by atoms with Crippen LogP contribution in [-0.2, 0) is 4.79 Å². The predicted octanol–water partition coefficient (Wildman–Crippen LogP) is 2.75. The van der Waals surface area contributed by atoms with E-state index in [-0.39, 0.29) is 5.78 Å². The lowest BCUT2D eigenvalue weighted by Gasteiger charge is -2.17. The van der Waals surface area contributed by atoms with Gasteiger partial charge in [-0.2, -0.15) is 0 Å². The first kappa shape index (κ1) is 12.1. The van der Waals surface area contributed by atoms with Gasteiger partial charge in [-0.1, -0.05) is 36.4 Å². The highest BCUT2D eigenvalue weighted by molar-refractivity contribution is 5.93. The molecule has 0 N–H and O–H groups in total. The highest BCUT2D eigenvalue weighted by Crippen LogP contribution is 2.18. The van der Waals surface area contributed by atoms with Crippen LogP contribution in [0.25, 0.3) is 6.08 Å². The van der Waals surface area contributed by atoms with Crippen molar-refractivity contribution in [2.75, 3.05) is 13.6 Å². The summed E-state index contributed by atoms with van der Waals surface area (Å²) in [6.45, 7) is 1.13. The Kier molecular flexibility index (Phi) is 4.10. The normalized spacial score (nSPS) is 21.1. The summed E-state index contributed by atoms with van der Waals surface area (Å²) in [5, 5.41) is 0. The second kappa shape index (κ2) is 5.78. The number of benzene rings is 1. The minimum absolute atomic E-state index is 0.229. The Morgan fingerprint density at radius 2 is 2.18 bits per heavy atom. The zero-order chi connectivity index (χ0) is 12.1. The fraction of sp³-hybridized carbons (Fsp3) is 0.400. The molecule has 1 aromatic rings. The van der Waals surface area contributed by atoms with Crippen LogP contribution in [0.3, 0.4) is 0 Å². The van der Waals surface area contributed by atoms with Crippen molar-refractivity contribution in [2.45, 2.75) is 25.3 Å². The summed E-state index contributed by atoms with van der Waals surface area (Å²) in [6.07, 6.45) is 6.64. The Labute approximate surface area is 103 Å². The zero-order valence-electron chi connectivity index (χ0n) is 10.3. The van der Waals surface area contributed by atoms with Gasteiger partial charge in [-0.25, -0.2) is 0 Å². The van der Waals surface area contributed by atoms with Crippen LogP contribution in [0.1, 0.15) is 24.8 Å². The fourth-order valence-corrected chi connectivity index (χ4v) is 2.29. The Morgan fingerprint density at radius 3 is 2.82 bits per heavy atom. The smallest absolute Gasteiger partial charge is 0.157 e. The number of rotatable bonds is 4. The molecule has 0 radical (unpaired) electrons. The summed E-state index contributed by atoms with van der Waals surface area (Å²) in [6, 6.07) is 10.4. The molecular formula is C15H19NO. The molecule has 1 fully saturated rings. The number of ketones is 1. The largest absolute Gasteiger partial charge is 0.303 e. The van der Waals surface area contributed by atoms with Gasteiger partial charge in [-0.3, -0.25) is 4.79 Å². The minimum Gasteiger partial charge on any atom is -0.303 e. The number of likely N-dealkylation sites (tertiary alicyclic amines) is 1. The number of carbonyl (C=O) groups excluding carboxylic acids is 1. The minimum atomic E-state index is 0.229. The average molecular weight is 229 g/mol. The van der Waals surface area contributed by atoms with E-state index in [1.54, 1.807) is 6.08 Å². The van der Waals surface area contributed by atoms with Crippen LogP contribution >= 0.6 is 0 Å². The predicted molar refractivity (Wildman–Crippen MR) is 70.8 cm³/mol. The average Bonchev–Trinajstić information content (AvgIpc) is 2.74. The van der Waals surface area contributed by atoms with Crippen molar-refractivity contribution in [3.8, 4) is 0 Å². The maximum absolute atomic E-state index is 11.8. The van der Waals surface area contributed by atoms with E-state index in [1.165, 1.54) is 6.42 Å². The molecule has 1 atom stereocenters. The summed E-state index contributed by atoms with van der Waals surface area (Å²) in [5.74, 6) is 0.229. The van der Waals surface area contributed by atoms with Crippen LogP contribution in [0.2, 0.25) is 0 Å². The second-order valence-electron chi connectivity index (χ2n) is 4.69. The Balaban J connectivity index is 1.87. The molecule has 1 aliphatic rings. The number of allylic oxidation sites excluding steroid dienone is 1. The number of carbonyl (C=O) groups is 1. The van der Waals surface area contributed by atoms with Gasteiger partial charge in [0.15, 0.2) is 5.78 Å². The van der Waals surface area contributed by atoms with Crippen molar-refractivity contribution in [1.29, 1.82) is 0 Å². The summed E-state index contributed by atoms with van der Waals surface area (Å²) in [7, 11) is 2.10. The molecule has 0 aliphatic carbocycles. The molecule has 17 heavy (non-hydrogen) atoms. The van der Waals surface area contributed by atoms with Crippen LogP contribution in [-0.4, -0.2) is 30.3 Å². The molecule has 2 nitrogen and oxygen atoms in total. The van der Waals surface area contributed by atoms with Gasteiger partial charge in [0.2, 0.25) is 0 Å². The number of nitrogens with zero attached hydrogens (tertiary/aromatic N) is 1. The fourth-order valence-electron chi connectivity index (χ4n) is 2.29. The van der Waals surface area contributed by atoms with Gasteiger partial charge in [0.05, 0.1) is 0 Å². The molecule has 0 amide bonds. The van der Waals surface area contributed by atoms with Crippen LogP contribution < -0.4 is 0 Å². The van der Waals surface area contributed by atoms with Crippen LogP contribution in [0.15, 0.2) is 36.4 Å². The zero-order valence-corrected chi connectivity index (χ0v) is 10.3. The van der Waals surface area contributed by atoms with E-state index in [9.17, 15) is 4.79 Å². The Hall–Kier alpha value is -1.41. The van der Waals surface area contributed by atoms with Gasteiger partial charge in [-0.15, -0.1) is 0 Å². The Bertz CT molecular complexity index is 397. The maximum atomic E-state index is 11.8. The van der Waals surface area contributed by atoms with Gasteiger partial charge in [-0.05, 0) is 38.1 Å². The van der Waals surface area contributed by atoms with Crippen LogP contribution in [0, 0.1) is 0 Å². The standard InChI is InChI=1S/C15H19NO/c1-16-11-5-8-14(16)12-15(17)10-9-13-6-3-2-4-7-13/h2-4,6-7,9-10,14H,5,8,11-12H2,1H3/b10-9+/t14-/m1/s1. The molecule has 1 aliphatic heterocycles. The third-order valence-corrected chi connectivity index (χ3v) is 3.37. The van der Waals surface area contributed by atoms with Crippen molar-refractivity contribution in [3.05, 3.63) is 42.0 Å². The molecule has 1 heterocycles. The highest BCUT2D eigenvalue weighted by Gasteiger charge is 2.22. The van der Waals surface area contributed by atoms with Gasteiger partial charge >= 0.3 is 0 Å². The molecule has 0 unspecified atom stereocenters.